The van der Waals surface area contributed by atoms with E-state index in [1.165, 1.54) is 12.8 Å². The van der Waals surface area contributed by atoms with Crippen LogP contribution >= 0.6 is 0 Å². The van der Waals surface area contributed by atoms with E-state index in [4.69, 9.17) is 4.74 Å². The summed E-state index contributed by atoms with van der Waals surface area (Å²) in [5.74, 6) is 1.44. The third-order valence-electron chi connectivity index (χ3n) is 2.20. The lowest BCUT2D eigenvalue weighted by Crippen LogP contribution is -2.10. The van der Waals surface area contributed by atoms with E-state index in [0.717, 1.165) is 25.0 Å². The van der Waals surface area contributed by atoms with Crippen molar-refractivity contribution in [1.82, 2.24) is 0 Å². The van der Waals surface area contributed by atoms with Crippen molar-refractivity contribution in [2.24, 2.45) is 11.8 Å². The van der Waals surface area contributed by atoms with Crippen molar-refractivity contribution < 1.29 is 4.74 Å². The van der Waals surface area contributed by atoms with Crippen LogP contribution in [-0.2, 0) is 4.74 Å². The highest BCUT2D eigenvalue weighted by Gasteiger charge is 2.01. The van der Waals surface area contributed by atoms with E-state index in [1.807, 2.05) is 0 Å². The Hall–Kier alpha value is -0.0400. The largest absolute Gasteiger partial charge is 0.381 e. The van der Waals surface area contributed by atoms with Gasteiger partial charge in [0, 0.05) is 13.2 Å². The first-order chi connectivity index (χ1) is 5.20. The van der Waals surface area contributed by atoms with Gasteiger partial charge in [-0.15, -0.1) is 0 Å². The molecule has 2 unspecified atom stereocenters. The Bertz CT molecular complexity index is 71.1. The van der Waals surface area contributed by atoms with Crippen LogP contribution in [0.1, 0.15) is 48.0 Å². The summed E-state index contributed by atoms with van der Waals surface area (Å²) < 4.78 is 5.54. The quantitative estimate of drug-likeness (QED) is 0.596. The van der Waals surface area contributed by atoms with Crippen LogP contribution in [0, 0.1) is 11.8 Å². The minimum Gasteiger partial charge on any atom is -0.381 e. The second-order valence-corrected chi connectivity index (χ2v) is 3.56. The molecule has 2 atom stereocenters. The van der Waals surface area contributed by atoms with Crippen molar-refractivity contribution in [2.75, 3.05) is 13.2 Å². The van der Waals surface area contributed by atoms with Crippen molar-refractivity contribution in [3.8, 4) is 0 Å². The third kappa shape index (κ3) is 8.06. The van der Waals surface area contributed by atoms with E-state index in [-0.39, 0.29) is 7.43 Å². The van der Waals surface area contributed by atoms with Gasteiger partial charge in [0.25, 0.3) is 0 Å². The van der Waals surface area contributed by atoms with Gasteiger partial charge >= 0.3 is 0 Å². The number of rotatable bonds is 6. The Kier molecular flexibility index (Phi) is 10.9. The van der Waals surface area contributed by atoms with E-state index >= 15 is 0 Å². The fourth-order valence-electron chi connectivity index (χ4n) is 0.706. The molecule has 0 saturated heterocycles. The van der Waals surface area contributed by atoms with Crippen LogP contribution in [0.5, 0.6) is 0 Å². The smallest absolute Gasteiger partial charge is 0.0491 e. The first-order valence-electron chi connectivity index (χ1n) is 4.78. The van der Waals surface area contributed by atoms with Crippen LogP contribution in [0.25, 0.3) is 0 Å². The van der Waals surface area contributed by atoms with Crippen LogP contribution in [0.3, 0.4) is 0 Å². The molecular formula is C11H26O. The highest BCUT2D eigenvalue weighted by molar-refractivity contribution is 4.49. The van der Waals surface area contributed by atoms with Gasteiger partial charge in [-0.05, 0) is 11.8 Å². The van der Waals surface area contributed by atoms with Crippen molar-refractivity contribution in [1.29, 1.82) is 0 Å². The van der Waals surface area contributed by atoms with Gasteiger partial charge in [0.2, 0.25) is 0 Å². The Balaban J connectivity index is 0. The molecule has 1 nitrogen and oxygen atoms in total. The lowest BCUT2D eigenvalue weighted by molar-refractivity contribution is 0.0780. The van der Waals surface area contributed by atoms with Gasteiger partial charge in [0.15, 0.2) is 0 Å². The topological polar surface area (TPSA) is 9.23 Å². The molecule has 0 radical (unpaired) electrons. The number of hydrogen-bond donors (Lipinski definition) is 0. The first kappa shape index (κ1) is 14.5. The third-order valence-corrected chi connectivity index (χ3v) is 2.20. The van der Waals surface area contributed by atoms with Crippen molar-refractivity contribution in [3.63, 3.8) is 0 Å². The molecule has 0 N–H and O–H groups in total. The average Bonchev–Trinajstić information content (AvgIpc) is 2.04. The molecule has 0 aliphatic rings. The summed E-state index contributed by atoms with van der Waals surface area (Å²) in [5, 5.41) is 0. The molecule has 0 aromatic carbocycles. The predicted octanol–water partition coefficient (Wildman–Crippen LogP) is 3.73. The van der Waals surface area contributed by atoms with Gasteiger partial charge in [-0.2, -0.15) is 0 Å². The number of hydrogen-bond acceptors (Lipinski definition) is 1. The van der Waals surface area contributed by atoms with Gasteiger partial charge < -0.3 is 4.74 Å². The standard InChI is InChI=1S/C10H22O.CH4/c1-5-9(3)7-11-8-10(4)6-2;/h9-10H,5-8H2,1-4H3;1H4. The molecule has 0 amide bonds. The molecule has 76 valence electrons. The van der Waals surface area contributed by atoms with Gasteiger partial charge in [-0.1, -0.05) is 48.0 Å². The van der Waals surface area contributed by atoms with E-state index in [1.54, 1.807) is 0 Å². The summed E-state index contributed by atoms with van der Waals surface area (Å²) in [5.41, 5.74) is 0. The molecular weight excluding hydrogens is 148 g/mol. The average molecular weight is 174 g/mol. The Morgan fingerprint density at radius 1 is 0.917 bits per heavy atom. The zero-order chi connectivity index (χ0) is 8.69. The second kappa shape index (κ2) is 9.05. The Morgan fingerprint density at radius 3 is 1.50 bits per heavy atom. The molecule has 0 aliphatic carbocycles. The molecule has 0 bridgehead atoms. The maximum atomic E-state index is 5.54. The zero-order valence-electron chi connectivity index (χ0n) is 8.39. The molecule has 1 heteroatoms. The van der Waals surface area contributed by atoms with E-state index in [2.05, 4.69) is 27.7 Å². The zero-order valence-corrected chi connectivity index (χ0v) is 8.39. The van der Waals surface area contributed by atoms with Gasteiger partial charge in [0.05, 0.1) is 0 Å². The minimum absolute atomic E-state index is 0. The number of ether oxygens (including phenoxy) is 1. The highest BCUT2D eigenvalue weighted by atomic mass is 16.5. The van der Waals surface area contributed by atoms with Gasteiger partial charge in [0.1, 0.15) is 0 Å². The van der Waals surface area contributed by atoms with Gasteiger partial charge in [-0.25, -0.2) is 0 Å². The maximum Gasteiger partial charge on any atom is 0.0491 e. The molecule has 0 aliphatic heterocycles. The highest BCUT2D eigenvalue weighted by Crippen LogP contribution is 2.04. The van der Waals surface area contributed by atoms with Crippen LogP contribution in [0.4, 0.5) is 0 Å². The Morgan fingerprint density at radius 2 is 1.25 bits per heavy atom. The normalized spacial score (nSPS) is 15.0. The second-order valence-electron chi connectivity index (χ2n) is 3.56. The van der Waals surface area contributed by atoms with Crippen molar-refractivity contribution >= 4 is 0 Å². The molecule has 12 heavy (non-hydrogen) atoms. The molecule has 0 spiro atoms. The monoisotopic (exact) mass is 174 g/mol. The van der Waals surface area contributed by atoms with Crippen LogP contribution < -0.4 is 0 Å². The summed E-state index contributed by atoms with van der Waals surface area (Å²) >= 11 is 0. The fraction of sp³-hybridized carbons (Fsp3) is 1.00. The molecule has 0 heterocycles. The lowest BCUT2D eigenvalue weighted by Gasteiger charge is -2.12. The van der Waals surface area contributed by atoms with Gasteiger partial charge in [-0.3, -0.25) is 0 Å². The fourth-order valence-corrected chi connectivity index (χ4v) is 0.706. The summed E-state index contributed by atoms with van der Waals surface area (Å²) in [7, 11) is 0. The molecule has 0 rings (SSSR count). The van der Waals surface area contributed by atoms with E-state index in [9.17, 15) is 0 Å². The lowest BCUT2D eigenvalue weighted by atomic mass is 10.1. The summed E-state index contributed by atoms with van der Waals surface area (Å²) in [4.78, 5) is 0. The SMILES string of the molecule is C.CCC(C)COCC(C)CC. The maximum absolute atomic E-state index is 5.54. The van der Waals surface area contributed by atoms with Crippen LogP contribution in [-0.4, -0.2) is 13.2 Å². The van der Waals surface area contributed by atoms with Crippen molar-refractivity contribution in [3.05, 3.63) is 0 Å². The minimum atomic E-state index is 0. The van der Waals surface area contributed by atoms with E-state index in [0.29, 0.717) is 0 Å². The summed E-state index contributed by atoms with van der Waals surface area (Å²) in [6, 6.07) is 0. The Labute approximate surface area is 78.5 Å². The first-order valence-corrected chi connectivity index (χ1v) is 4.78. The summed E-state index contributed by atoms with van der Waals surface area (Å²) in [6.07, 6.45) is 2.45. The molecule has 0 fully saturated rings. The molecule has 0 aromatic rings. The molecule has 0 saturated carbocycles. The van der Waals surface area contributed by atoms with Crippen LogP contribution in [0.2, 0.25) is 0 Å². The van der Waals surface area contributed by atoms with Crippen molar-refractivity contribution in [2.45, 2.75) is 48.0 Å². The molecule has 0 aromatic heterocycles. The van der Waals surface area contributed by atoms with Crippen LogP contribution in [0.15, 0.2) is 0 Å². The predicted molar refractivity (Wildman–Crippen MR) is 56.5 cm³/mol. The van der Waals surface area contributed by atoms with E-state index < -0.39 is 0 Å². The summed E-state index contributed by atoms with van der Waals surface area (Å²) in [6.45, 7) is 10.7.